The molecule has 1 aromatic carbocycles. The van der Waals surface area contributed by atoms with Gasteiger partial charge in [0.25, 0.3) is 5.91 Å². The third-order valence-corrected chi connectivity index (χ3v) is 4.30. The van der Waals surface area contributed by atoms with Crippen LogP contribution in [0.4, 0.5) is 4.39 Å². The van der Waals surface area contributed by atoms with E-state index in [1.165, 1.54) is 16.8 Å². The second kappa shape index (κ2) is 6.45. The van der Waals surface area contributed by atoms with Gasteiger partial charge in [-0.25, -0.2) is 9.07 Å². The van der Waals surface area contributed by atoms with Crippen LogP contribution in [0.3, 0.4) is 0 Å². The molecule has 0 bridgehead atoms. The lowest BCUT2D eigenvalue weighted by atomic mass is 9.94. The Bertz CT molecular complexity index is 686. The third-order valence-electron chi connectivity index (χ3n) is 4.30. The highest BCUT2D eigenvalue weighted by Crippen LogP contribution is 2.23. The monoisotopic (exact) mass is 318 g/mol. The smallest absolute Gasteiger partial charge is 0.276 e. The predicted molar refractivity (Wildman–Crippen MR) is 81.6 cm³/mol. The first-order chi connectivity index (χ1) is 11.1. The fourth-order valence-corrected chi connectivity index (χ4v) is 2.84. The Morgan fingerprint density at radius 3 is 2.78 bits per heavy atom. The highest BCUT2D eigenvalue weighted by atomic mass is 19.1. The summed E-state index contributed by atoms with van der Waals surface area (Å²) in [6.45, 7) is 2.61. The molecule has 1 fully saturated rings. The molecule has 7 heteroatoms. The molecule has 1 amide bonds. The first-order valence-corrected chi connectivity index (χ1v) is 7.68. The molecule has 2 unspecified atom stereocenters. The van der Waals surface area contributed by atoms with Crippen molar-refractivity contribution < 1.29 is 14.3 Å². The third kappa shape index (κ3) is 3.24. The average Bonchev–Trinajstić information content (AvgIpc) is 3.05. The normalized spacial score (nSPS) is 21.4. The van der Waals surface area contributed by atoms with E-state index in [1.807, 2.05) is 6.92 Å². The van der Waals surface area contributed by atoms with E-state index < -0.39 is 0 Å². The van der Waals surface area contributed by atoms with Gasteiger partial charge in [0, 0.05) is 19.2 Å². The second-order valence-electron chi connectivity index (χ2n) is 5.96. The summed E-state index contributed by atoms with van der Waals surface area (Å²) in [5.74, 6) is -0.409. The predicted octanol–water partition coefficient (Wildman–Crippen LogP) is 1.64. The second-order valence-corrected chi connectivity index (χ2v) is 5.96. The summed E-state index contributed by atoms with van der Waals surface area (Å²) in [6, 6.07) is 5.92. The molecular weight excluding hydrogens is 299 g/mol. The van der Waals surface area contributed by atoms with Crippen molar-refractivity contribution in [3.8, 4) is 5.69 Å². The fraction of sp³-hybridized carbons (Fsp3) is 0.438. The van der Waals surface area contributed by atoms with Gasteiger partial charge in [0.15, 0.2) is 5.69 Å². The molecule has 1 saturated heterocycles. The van der Waals surface area contributed by atoms with Crippen molar-refractivity contribution >= 4 is 5.91 Å². The standard InChI is InChI=1S/C16H19FN4O2/c1-11-2-3-12(10-22)8-20(11)16(23)15-9-21(19-18-15)14-6-4-13(17)5-7-14/h4-7,9,11-12,22H,2-3,8,10H2,1H3. The van der Waals surface area contributed by atoms with Crippen LogP contribution in [0, 0.1) is 11.7 Å². The Labute approximate surface area is 133 Å². The SMILES string of the molecule is CC1CCC(CO)CN1C(=O)c1cn(-c2ccc(F)cc2)nn1. The van der Waals surface area contributed by atoms with E-state index >= 15 is 0 Å². The van der Waals surface area contributed by atoms with Crippen LogP contribution < -0.4 is 0 Å². The molecule has 0 saturated carbocycles. The lowest BCUT2D eigenvalue weighted by Gasteiger charge is -2.36. The van der Waals surface area contributed by atoms with E-state index in [0.29, 0.717) is 12.2 Å². The number of nitrogens with zero attached hydrogens (tertiary/aromatic N) is 4. The number of rotatable bonds is 3. The van der Waals surface area contributed by atoms with E-state index in [2.05, 4.69) is 10.3 Å². The van der Waals surface area contributed by atoms with Crippen LogP contribution in [0.25, 0.3) is 5.69 Å². The fourth-order valence-electron chi connectivity index (χ4n) is 2.84. The quantitative estimate of drug-likeness (QED) is 0.934. The van der Waals surface area contributed by atoms with Crippen LogP contribution in [-0.2, 0) is 0 Å². The lowest BCUT2D eigenvalue weighted by molar-refractivity contribution is 0.0483. The molecule has 1 aromatic heterocycles. The van der Waals surface area contributed by atoms with Crippen molar-refractivity contribution in [3.05, 3.63) is 42.0 Å². The van der Waals surface area contributed by atoms with Gasteiger partial charge in [0.05, 0.1) is 11.9 Å². The van der Waals surface area contributed by atoms with Crippen molar-refractivity contribution in [1.82, 2.24) is 19.9 Å². The van der Waals surface area contributed by atoms with E-state index in [4.69, 9.17) is 0 Å². The summed E-state index contributed by atoms with van der Waals surface area (Å²) in [5.41, 5.74) is 0.887. The van der Waals surface area contributed by atoms with Crippen molar-refractivity contribution in [2.24, 2.45) is 5.92 Å². The Morgan fingerprint density at radius 2 is 2.09 bits per heavy atom. The first kappa shape index (κ1) is 15.6. The zero-order valence-corrected chi connectivity index (χ0v) is 12.9. The number of hydrogen-bond acceptors (Lipinski definition) is 4. The van der Waals surface area contributed by atoms with Gasteiger partial charge < -0.3 is 10.0 Å². The summed E-state index contributed by atoms with van der Waals surface area (Å²) in [6.07, 6.45) is 3.33. The highest BCUT2D eigenvalue weighted by molar-refractivity contribution is 5.92. The van der Waals surface area contributed by atoms with Crippen LogP contribution in [0.5, 0.6) is 0 Å². The van der Waals surface area contributed by atoms with Gasteiger partial charge in [0.1, 0.15) is 5.82 Å². The van der Waals surface area contributed by atoms with Gasteiger partial charge in [-0.1, -0.05) is 5.21 Å². The molecular formula is C16H19FN4O2. The van der Waals surface area contributed by atoms with Gasteiger partial charge >= 0.3 is 0 Å². The van der Waals surface area contributed by atoms with E-state index in [1.54, 1.807) is 23.2 Å². The molecule has 122 valence electrons. The van der Waals surface area contributed by atoms with Gasteiger partial charge in [-0.15, -0.1) is 5.10 Å². The van der Waals surface area contributed by atoms with E-state index in [-0.39, 0.29) is 36.0 Å². The van der Waals surface area contributed by atoms with Crippen molar-refractivity contribution in [1.29, 1.82) is 0 Å². The molecule has 6 nitrogen and oxygen atoms in total. The highest BCUT2D eigenvalue weighted by Gasteiger charge is 2.30. The van der Waals surface area contributed by atoms with Crippen molar-refractivity contribution in [2.45, 2.75) is 25.8 Å². The number of amides is 1. The molecule has 0 spiro atoms. The van der Waals surface area contributed by atoms with Gasteiger partial charge in [-0.2, -0.15) is 0 Å². The van der Waals surface area contributed by atoms with Crippen LogP contribution in [-0.4, -0.2) is 50.1 Å². The largest absolute Gasteiger partial charge is 0.396 e. The van der Waals surface area contributed by atoms with Crippen LogP contribution in [0.15, 0.2) is 30.5 Å². The molecule has 0 aliphatic carbocycles. The summed E-state index contributed by atoms with van der Waals surface area (Å²) in [4.78, 5) is 14.4. The summed E-state index contributed by atoms with van der Waals surface area (Å²) in [5, 5.41) is 17.2. The summed E-state index contributed by atoms with van der Waals surface area (Å²) < 4.78 is 14.4. The number of aromatic nitrogens is 3. The Kier molecular flexibility index (Phi) is 4.38. The maximum atomic E-state index is 13.0. The summed E-state index contributed by atoms with van der Waals surface area (Å²) in [7, 11) is 0. The topological polar surface area (TPSA) is 71.2 Å². The minimum absolute atomic E-state index is 0.0821. The Morgan fingerprint density at radius 1 is 1.35 bits per heavy atom. The Hall–Kier alpha value is -2.28. The number of carbonyl (C=O) groups is 1. The molecule has 3 rings (SSSR count). The minimum atomic E-state index is -0.331. The molecule has 23 heavy (non-hydrogen) atoms. The van der Waals surface area contributed by atoms with E-state index in [0.717, 1.165) is 12.8 Å². The minimum Gasteiger partial charge on any atom is -0.396 e. The lowest BCUT2D eigenvalue weighted by Crippen LogP contribution is -2.46. The molecule has 1 aliphatic rings. The number of halogens is 1. The maximum absolute atomic E-state index is 13.0. The van der Waals surface area contributed by atoms with Crippen LogP contribution >= 0.6 is 0 Å². The zero-order valence-electron chi connectivity index (χ0n) is 12.9. The zero-order chi connectivity index (χ0) is 16.4. The van der Waals surface area contributed by atoms with Gasteiger partial charge in [0.2, 0.25) is 0 Å². The number of aliphatic hydroxyl groups excluding tert-OH is 1. The molecule has 1 aliphatic heterocycles. The van der Waals surface area contributed by atoms with Crippen molar-refractivity contribution in [3.63, 3.8) is 0 Å². The molecule has 0 radical (unpaired) electrons. The number of benzene rings is 1. The molecule has 1 N–H and O–H groups in total. The first-order valence-electron chi connectivity index (χ1n) is 7.68. The van der Waals surface area contributed by atoms with Gasteiger partial charge in [-0.05, 0) is 49.9 Å². The number of carbonyl (C=O) groups excluding carboxylic acids is 1. The van der Waals surface area contributed by atoms with Crippen LogP contribution in [0.2, 0.25) is 0 Å². The van der Waals surface area contributed by atoms with Gasteiger partial charge in [-0.3, -0.25) is 4.79 Å². The summed E-state index contributed by atoms with van der Waals surface area (Å²) >= 11 is 0. The van der Waals surface area contributed by atoms with Crippen molar-refractivity contribution in [2.75, 3.05) is 13.2 Å². The average molecular weight is 318 g/mol. The maximum Gasteiger partial charge on any atom is 0.276 e. The van der Waals surface area contributed by atoms with E-state index in [9.17, 15) is 14.3 Å². The number of likely N-dealkylation sites (tertiary alicyclic amines) is 1. The number of hydrogen-bond donors (Lipinski definition) is 1. The number of aliphatic hydroxyl groups is 1. The molecule has 2 aromatic rings. The van der Waals surface area contributed by atoms with Crippen LogP contribution in [0.1, 0.15) is 30.3 Å². The molecule has 2 heterocycles. The Balaban J connectivity index is 1.79. The molecule has 2 atom stereocenters. The number of piperidine rings is 1.